The van der Waals surface area contributed by atoms with Crippen LogP contribution in [0.5, 0.6) is 0 Å². The molecule has 0 unspecified atom stereocenters. The highest BCUT2D eigenvalue weighted by atomic mass is 32.1. The lowest BCUT2D eigenvalue weighted by molar-refractivity contribution is -0.137. The van der Waals surface area contributed by atoms with Gasteiger partial charge >= 0.3 is 0 Å². The summed E-state index contributed by atoms with van der Waals surface area (Å²) < 4.78 is 0. The lowest BCUT2D eigenvalue weighted by atomic mass is 9.90. The largest absolute Gasteiger partial charge is 0.340 e. The SMILES string of the molecule is O=C(Cc1ccccc1)C[C@H](C(=O)N1CCC[C@H]1c1ncc(-c2ccc(-c3ccc(-c4cnc([C@@H]5CCCN5C(=O)[C@H](NC(=O)Cc5ccccc5)c5ccccc5)s4)cc3)cc2)s1)c1ccccc1. The monoisotopic (exact) mass is 959 g/mol. The molecule has 9 nitrogen and oxygen atoms in total. The number of carbonyl (C=O) groups is 4. The highest BCUT2D eigenvalue weighted by molar-refractivity contribution is 7.15. The van der Waals surface area contributed by atoms with E-state index in [9.17, 15) is 19.2 Å². The summed E-state index contributed by atoms with van der Waals surface area (Å²) in [4.78, 5) is 71.1. The molecule has 6 aromatic carbocycles. The molecule has 2 saturated heterocycles. The fraction of sp³-hybridized carbons (Fsp3) is 0.220. The Balaban J connectivity index is 0.787. The number of thiazole rings is 2. The fourth-order valence-electron chi connectivity index (χ4n) is 9.83. The van der Waals surface area contributed by atoms with Gasteiger partial charge in [0.1, 0.15) is 21.8 Å². The van der Waals surface area contributed by atoms with E-state index >= 15 is 0 Å². The number of amides is 3. The summed E-state index contributed by atoms with van der Waals surface area (Å²) in [7, 11) is 0. The van der Waals surface area contributed by atoms with Gasteiger partial charge in [0.25, 0.3) is 0 Å². The van der Waals surface area contributed by atoms with Gasteiger partial charge < -0.3 is 15.1 Å². The molecule has 2 aromatic heterocycles. The van der Waals surface area contributed by atoms with E-state index < -0.39 is 12.0 Å². The third-order valence-corrected chi connectivity index (χ3v) is 15.7. The van der Waals surface area contributed by atoms with Gasteiger partial charge in [0.05, 0.1) is 34.2 Å². The maximum atomic E-state index is 14.4. The highest BCUT2D eigenvalue weighted by Crippen LogP contribution is 2.41. The van der Waals surface area contributed by atoms with E-state index in [-0.39, 0.29) is 48.4 Å². The van der Waals surface area contributed by atoms with Crippen molar-refractivity contribution in [3.8, 4) is 32.0 Å². The van der Waals surface area contributed by atoms with Crippen molar-refractivity contribution in [1.29, 1.82) is 0 Å². The third-order valence-electron chi connectivity index (χ3n) is 13.4. The maximum Gasteiger partial charge on any atom is 0.250 e. The van der Waals surface area contributed by atoms with E-state index in [1.54, 1.807) is 22.7 Å². The second-order valence-electron chi connectivity index (χ2n) is 18.1. The molecule has 2 aliphatic rings. The molecule has 0 bridgehead atoms. The van der Waals surface area contributed by atoms with Crippen LogP contribution in [0.4, 0.5) is 0 Å². The number of Topliss-reactive ketones (excluding diaryl/α,β-unsaturated/α-hetero) is 1. The molecular formula is C59H53N5O4S2. The molecule has 0 spiro atoms. The molecule has 2 aliphatic heterocycles. The number of hydrogen-bond acceptors (Lipinski definition) is 8. The van der Waals surface area contributed by atoms with Crippen LogP contribution in [-0.4, -0.2) is 56.4 Å². The normalized spacial score (nSPS) is 16.5. The van der Waals surface area contributed by atoms with Gasteiger partial charge in [-0.25, -0.2) is 9.97 Å². The van der Waals surface area contributed by atoms with Gasteiger partial charge in [0, 0.05) is 38.3 Å². The minimum atomic E-state index is -0.798. The van der Waals surface area contributed by atoms with Crippen LogP contribution in [-0.2, 0) is 32.0 Å². The van der Waals surface area contributed by atoms with Crippen LogP contribution >= 0.6 is 22.7 Å². The maximum absolute atomic E-state index is 14.4. The van der Waals surface area contributed by atoms with Crippen molar-refractivity contribution in [3.63, 3.8) is 0 Å². The van der Waals surface area contributed by atoms with Crippen LogP contribution in [0.1, 0.15) is 88.4 Å². The molecule has 70 heavy (non-hydrogen) atoms. The van der Waals surface area contributed by atoms with Crippen LogP contribution in [0.15, 0.2) is 182 Å². The van der Waals surface area contributed by atoms with Gasteiger partial charge in [-0.05, 0) is 70.2 Å². The Morgan fingerprint density at radius 2 is 0.943 bits per heavy atom. The number of likely N-dealkylation sites (tertiary alicyclic amines) is 2. The van der Waals surface area contributed by atoms with Crippen molar-refractivity contribution in [2.24, 2.45) is 0 Å². The molecule has 350 valence electrons. The number of benzene rings is 6. The summed E-state index contributed by atoms with van der Waals surface area (Å²) in [5, 5.41) is 4.86. The van der Waals surface area contributed by atoms with Gasteiger partial charge in [0.2, 0.25) is 17.7 Å². The smallest absolute Gasteiger partial charge is 0.250 e. The average Bonchev–Trinajstić information content (AvgIpc) is 4.27. The van der Waals surface area contributed by atoms with Crippen molar-refractivity contribution in [3.05, 3.63) is 215 Å². The Bertz CT molecular complexity index is 2840. The standard InChI is InChI=1S/C59H53N5O4S2/c65-48(35-40-15-5-1-6-16-40)37-49(44-19-9-3-10-20-44)58(67)63-33-13-23-50(63)56-60-38-52(69-56)45-29-25-42(26-30-45)43-27-31-46(32-28-43)53-39-61-57(70-53)51-24-14-34-64(51)59(68)55(47-21-11-4-12-22-47)62-54(66)36-41-17-7-2-8-18-41/h1-12,15-22,25-32,38-39,49-51,55H,13-14,23-24,33-37H2,(H,62,66)/t49-,50-,51-,55+/m0/s1. The quantitative estimate of drug-likeness (QED) is 0.103. The van der Waals surface area contributed by atoms with Crippen molar-refractivity contribution in [2.45, 2.75) is 69.0 Å². The molecule has 4 atom stereocenters. The summed E-state index contributed by atoms with van der Waals surface area (Å²) in [6.07, 6.45) is 7.86. The lowest BCUT2D eigenvalue weighted by Crippen LogP contribution is -2.43. The molecule has 4 heterocycles. The first-order valence-electron chi connectivity index (χ1n) is 24.1. The van der Waals surface area contributed by atoms with E-state index in [4.69, 9.17) is 9.97 Å². The van der Waals surface area contributed by atoms with E-state index in [0.717, 1.165) is 90.0 Å². The number of rotatable bonds is 16. The molecule has 11 heteroatoms. The van der Waals surface area contributed by atoms with Crippen LogP contribution in [0.25, 0.3) is 32.0 Å². The zero-order valence-corrected chi connectivity index (χ0v) is 40.4. The summed E-state index contributed by atoms with van der Waals surface area (Å²) in [5.41, 5.74) is 7.78. The van der Waals surface area contributed by atoms with Crippen molar-refractivity contribution in [2.75, 3.05) is 13.1 Å². The second-order valence-corrected chi connectivity index (χ2v) is 20.2. The number of ketones is 1. The topological polar surface area (TPSA) is 113 Å². The van der Waals surface area contributed by atoms with Crippen molar-refractivity contribution < 1.29 is 19.2 Å². The fourth-order valence-corrected chi connectivity index (χ4v) is 12.0. The molecule has 10 rings (SSSR count). The Hall–Kier alpha value is -7.34. The summed E-state index contributed by atoms with van der Waals surface area (Å²) in [5.74, 6) is -0.834. The zero-order chi connectivity index (χ0) is 47.8. The summed E-state index contributed by atoms with van der Waals surface area (Å²) in [6, 6.07) is 54.4. The van der Waals surface area contributed by atoms with Crippen LogP contribution in [0.3, 0.4) is 0 Å². The average molecular weight is 960 g/mol. The third kappa shape index (κ3) is 10.6. The zero-order valence-electron chi connectivity index (χ0n) is 38.7. The van der Waals surface area contributed by atoms with E-state index in [1.807, 2.05) is 144 Å². The number of carbonyl (C=O) groups excluding carboxylic acids is 4. The first kappa shape index (κ1) is 46.4. The molecule has 0 aliphatic carbocycles. The minimum Gasteiger partial charge on any atom is -0.340 e. The number of hydrogen-bond donors (Lipinski definition) is 1. The van der Waals surface area contributed by atoms with Gasteiger partial charge in [-0.1, -0.05) is 170 Å². The second kappa shape index (κ2) is 21.5. The van der Waals surface area contributed by atoms with Crippen LogP contribution in [0, 0.1) is 0 Å². The van der Waals surface area contributed by atoms with E-state index in [0.29, 0.717) is 19.5 Å². The van der Waals surface area contributed by atoms with Gasteiger partial charge in [-0.3, -0.25) is 19.2 Å². The van der Waals surface area contributed by atoms with Crippen molar-refractivity contribution in [1.82, 2.24) is 25.1 Å². The lowest BCUT2D eigenvalue weighted by Gasteiger charge is -2.28. The van der Waals surface area contributed by atoms with E-state index in [1.165, 1.54) is 0 Å². The van der Waals surface area contributed by atoms with Crippen molar-refractivity contribution >= 4 is 46.2 Å². The number of nitrogens with zero attached hydrogens (tertiary/aromatic N) is 4. The molecule has 2 fully saturated rings. The van der Waals surface area contributed by atoms with Crippen LogP contribution < -0.4 is 5.32 Å². The molecule has 8 aromatic rings. The molecule has 0 radical (unpaired) electrons. The Labute approximate surface area is 416 Å². The first-order valence-corrected chi connectivity index (χ1v) is 25.7. The van der Waals surface area contributed by atoms with Gasteiger partial charge in [-0.2, -0.15) is 0 Å². The Morgan fingerprint density at radius 3 is 1.44 bits per heavy atom. The van der Waals surface area contributed by atoms with E-state index in [2.05, 4.69) is 53.8 Å². The molecular weight excluding hydrogens is 907 g/mol. The first-order chi connectivity index (χ1) is 34.3. The predicted molar refractivity (Wildman–Crippen MR) is 278 cm³/mol. The van der Waals surface area contributed by atoms with Gasteiger partial charge in [-0.15, -0.1) is 22.7 Å². The predicted octanol–water partition coefficient (Wildman–Crippen LogP) is 12.0. The molecule has 3 amide bonds. The summed E-state index contributed by atoms with van der Waals surface area (Å²) >= 11 is 3.24. The van der Waals surface area contributed by atoms with Crippen LogP contribution in [0.2, 0.25) is 0 Å². The molecule has 0 saturated carbocycles. The summed E-state index contributed by atoms with van der Waals surface area (Å²) in [6.45, 7) is 1.24. The van der Waals surface area contributed by atoms with Gasteiger partial charge in [0.15, 0.2) is 0 Å². The Morgan fingerprint density at radius 1 is 0.514 bits per heavy atom. The minimum absolute atomic E-state index is 0.0131. The number of nitrogens with one attached hydrogen (secondary N) is 1. The Kier molecular flexibility index (Phi) is 14.3. The number of aromatic nitrogens is 2. The highest BCUT2D eigenvalue weighted by Gasteiger charge is 2.38. The molecule has 1 N–H and O–H groups in total.